The molecule has 15 heavy (non-hydrogen) atoms. The minimum Gasteiger partial charge on any atom is -0.324 e. The normalized spacial score (nSPS) is 12.9. The lowest BCUT2D eigenvalue weighted by atomic mass is 9.97. The number of benzene rings is 1. The van der Waals surface area contributed by atoms with Crippen LogP contribution in [0.2, 0.25) is 0 Å². The maximum absolute atomic E-state index is 6.06. The second kappa shape index (κ2) is 5.13. The minimum absolute atomic E-state index is 0.0868. The molecule has 0 bridgehead atoms. The summed E-state index contributed by atoms with van der Waals surface area (Å²) in [5, 5.41) is 0. The molecular weight excluding hydrogens is 182 g/mol. The molecule has 0 heterocycles. The van der Waals surface area contributed by atoms with E-state index in [-0.39, 0.29) is 6.04 Å². The third-order valence-electron chi connectivity index (χ3n) is 2.60. The molecule has 1 heteroatoms. The van der Waals surface area contributed by atoms with Crippen molar-refractivity contribution in [3.05, 3.63) is 47.5 Å². The topological polar surface area (TPSA) is 26.0 Å². The first kappa shape index (κ1) is 12.0. The van der Waals surface area contributed by atoms with Crippen LogP contribution in [0.4, 0.5) is 0 Å². The monoisotopic (exact) mass is 203 g/mol. The van der Waals surface area contributed by atoms with Gasteiger partial charge in [-0.25, -0.2) is 0 Å². The zero-order valence-corrected chi connectivity index (χ0v) is 9.96. The van der Waals surface area contributed by atoms with Crippen LogP contribution < -0.4 is 5.73 Å². The average molecular weight is 203 g/mol. The van der Waals surface area contributed by atoms with Crippen molar-refractivity contribution in [1.82, 2.24) is 0 Å². The minimum atomic E-state index is 0.0868. The molecule has 2 N–H and O–H groups in total. The Morgan fingerprint density at radius 2 is 1.67 bits per heavy atom. The van der Waals surface area contributed by atoms with Crippen LogP contribution in [0.1, 0.15) is 50.3 Å². The van der Waals surface area contributed by atoms with Gasteiger partial charge < -0.3 is 5.73 Å². The fourth-order valence-electron chi connectivity index (χ4n) is 1.62. The number of hydrogen-bond donors (Lipinski definition) is 1. The molecule has 1 rings (SSSR count). The van der Waals surface area contributed by atoms with Gasteiger partial charge in [0.25, 0.3) is 0 Å². The van der Waals surface area contributed by atoms with Gasteiger partial charge in [-0.1, -0.05) is 43.7 Å². The van der Waals surface area contributed by atoms with Crippen LogP contribution in [-0.2, 0) is 0 Å². The van der Waals surface area contributed by atoms with E-state index in [0.29, 0.717) is 5.92 Å². The summed E-state index contributed by atoms with van der Waals surface area (Å²) in [4.78, 5) is 0. The van der Waals surface area contributed by atoms with Gasteiger partial charge in [0, 0.05) is 6.04 Å². The molecular formula is C14H21N. The van der Waals surface area contributed by atoms with Crippen molar-refractivity contribution in [2.24, 2.45) is 5.73 Å². The first-order chi connectivity index (χ1) is 7.00. The van der Waals surface area contributed by atoms with Gasteiger partial charge in [-0.05, 0) is 30.4 Å². The molecule has 1 nitrogen and oxygen atoms in total. The molecule has 0 aliphatic carbocycles. The summed E-state index contributed by atoms with van der Waals surface area (Å²) in [5.74, 6) is 0.580. The zero-order chi connectivity index (χ0) is 11.4. The fourth-order valence-corrected chi connectivity index (χ4v) is 1.62. The third kappa shape index (κ3) is 3.52. The van der Waals surface area contributed by atoms with Crippen molar-refractivity contribution >= 4 is 0 Å². The molecule has 82 valence electrons. The van der Waals surface area contributed by atoms with Gasteiger partial charge in [0.1, 0.15) is 0 Å². The van der Waals surface area contributed by atoms with Gasteiger partial charge in [-0.3, -0.25) is 0 Å². The van der Waals surface area contributed by atoms with Crippen molar-refractivity contribution in [3.63, 3.8) is 0 Å². The largest absolute Gasteiger partial charge is 0.324 e. The first-order valence-corrected chi connectivity index (χ1v) is 5.50. The van der Waals surface area contributed by atoms with E-state index in [9.17, 15) is 0 Å². The number of hydrogen-bond acceptors (Lipinski definition) is 1. The highest BCUT2D eigenvalue weighted by molar-refractivity contribution is 5.27. The van der Waals surface area contributed by atoms with Gasteiger partial charge >= 0.3 is 0 Å². The Balaban J connectivity index is 2.75. The highest BCUT2D eigenvalue weighted by Crippen LogP contribution is 2.20. The van der Waals surface area contributed by atoms with Crippen molar-refractivity contribution < 1.29 is 0 Å². The van der Waals surface area contributed by atoms with Crippen LogP contribution in [-0.4, -0.2) is 0 Å². The van der Waals surface area contributed by atoms with E-state index in [1.807, 2.05) is 6.92 Å². The second-order valence-electron chi connectivity index (χ2n) is 4.59. The third-order valence-corrected chi connectivity index (χ3v) is 2.60. The molecule has 1 aromatic carbocycles. The van der Waals surface area contributed by atoms with E-state index in [1.54, 1.807) is 0 Å². The quantitative estimate of drug-likeness (QED) is 0.740. The summed E-state index contributed by atoms with van der Waals surface area (Å²) >= 11 is 0. The van der Waals surface area contributed by atoms with Crippen molar-refractivity contribution in [1.29, 1.82) is 0 Å². The molecule has 0 aliphatic heterocycles. The van der Waals surface area contributed by atoms with Crippen LogP contribution in [0, 0.1) is 0 Å². The average Bonchev–Trinajstić information content (AvgIpc) is 2.17. The molecule has 0 fully saturated rings. The van der Waals surface area contributed by atoms with E-state index in [2.05, 4.69) is 44.7 Å². The maximum Gasteiger partial charge on any atom is 0.0332 e. The fraction of sp³-hybridized carbons (Fsp3) is 0.429. The van der Waals surface area contributed by atoms with Crippen LogP contribution in [0.3, 0.4) is 0 Å². The molecule has 0 spiro atoms. The Bertz CT molecular complexity index is 322. The van der Waals surface area contributed by atoms with Crippen LogP contribution >= 0.6 is 0 Å². The Hall–Kier alpha value is -1.08. The van der Waals surface area contributed by atoms with Crippen LogP contribution in [0.15, 0.2) is 36.4 Å². The van der Waals surface area contributed by atoms with Crippen LogP contribution in [0.25, 0.3) is 0 Å². The summed E-state index contributed by atoms with van der Waals surface area (Å²) < 4.78 is 0. The Morgan fingerprint density at radius 1 is 1.20 bits per heavy atom. The summed E-state index contributed by atoms with van der Waals surface area (Å²) in [6.45, 7) is 10.3. The Morgan fingerprint density at radius 3 is 2.07 bits per heavy atom. The Kier molecular flexibility index (Phi) is 4.10. The van der Waals surface area contributed by atoms with Gasteiger partial charge in [0.05, 0.1) is 0 Å². The van der Waals surface area contributed by atoms with Crippen molar-refractivity contribution in [3.8, 4) is 0 Å². The van der Waals surface area contributed by atoms with E-state index in [1.165, 1.54) is 11.1 Å². The van der Waals surface area contributed by atoms with E-state index < -0.39 is 0 Å². The maximum atomic E-state index is 6.06. The predicted molar refractivity (Wildman–Crippen MR) is 66.9 cm³/mol. The molecule has 0 unspecified atom stereocenters. The van der Waals surface area contributed by atoms with Gasteiger partial charge in [0.15, 0.2) is 0 Å². The lowest BCUT2D eigenvalue weighted by molar-refractivity contribution is 0.715. The second-order valence-corrected chi connectivity index (χ2v) is 4.59. The van der Waals surface area contributed by atoms with E-state index in [0.717, 1.165) is 12.0 Å². The highest BCUT2D eigenvalue weighted by Gasteiger charge is 2.06. The van der Waals surface area contributed by atoms with Gasteiger partial charge in [0.2, 0.25) is 0 Å². The van der Waals surface area contributed by atoms with Gasteiger partial charge in [-0.2, -0.15) is 0 Å². The predicted octanol–water partition coefficient (Wildman–Crippen LogP) is 3.78. The molecule has 0 radical (unpaired) electrons. The Labute approximate surface area is 93.0 Å². The standard InChI is InChI=1S/C14H21N/c1-10(2)9-14(15)13-7-5-12(6-8-13)11(3)4/h5-8,11,14H,1,9,15H2,2-4H3/t14-/m1/s1. The SMILES string of the molecule is C=C(C)C[C@@H](N)c1ccc(C(C)C)cc1. The number of rotatable bonds is 4. The lowest BCUT2D eigenvalue weighted by Gasteiger charge is -2.13. The van der Waals surface area contributed by atoms with Gasteiger partial charge in [-0.15, -0.1) is 6.58 Å². The van der Waals surface area contributed by atoms with Crippen molar-refractivity contribution in [2.75, 3.05) is 0 Å². The van der Waals surface area contributed by atoms with Crippen molar-refractivity contribution in [2.45, 2.75) is 39.2 Å². The zero-order valence-electron chi connectivity index (χ0n) is 9.96. The molecule has 0 saturated carbocycles. The summed E-state index contributed by atoms with van der Waals surface area (Å²) in [6, 6.07) is 8.67. The lowest BCUT2D eigenvalue weighted by Crippen LogP contribution is -2.10. The summed E-state index contributed by atoms with van der Waals surface area (Å²) in [5.41, 5.74) is 9.75. The summed E-state index contributed by atoms with van der Waals surface area (Å²) in [6.07, 6.45) is 0.862. The molecule has 0 aromatic heterocycles. The molecule has 0 saturated heterocycles. The molecule has 1 atom stereocenters. The summed E-state index contributed by atoms with van der Waals surface area (Å²) in [7, 11) is 0. The molecule has 0 amide bonds. The molecule has 0 aliphatic rings. The van der Waals surface area contributed by atoms with E-state index in [4.69, 9.17) is 5.73 Å². The molecule has 1 aromatic rings. The van der Waals surface area contributed by atoms with Crippen LogP contribution in [0.5, 0.6) is 0 Å². The first-order valence-electron chi connectivity index (χ1n) is 5.50. The smallest absolute Gasteiger partial charge is 0.0332 e. The highest BCUT2D eigenvalue weighted by atomic mass is 14.6. The van der Waals surface area contributed by atoms with E-state index >= 15 is 0 Å². The number of nitrogens with two attached hydrogens (primary N) is 1.